The molecule has 0 amide bonds. The van der Waals surface area contributed by atoms with Gasteiger partial charge in [-0.15, -0.1) is 22.7 Å². The van der Waals surface area contributed by atoms with Gasteiger partial charge in [0, 0.05) is 10.8 Å². The van der Waals surface area contributed by atoms with E-state index < -0.39 is 0 Å². The zero-order valence-electron chi connectivity index (χ0n) is 7.02. The van der Waals surface area contributed by atoms with Crippen molar-refractivity contribution >= 4 is 22.7 Å². The maximum atomic E-state index is 8.83. The fraction of sp³-hybridized carbons (Fsp3) is 0.250. The molecule has 0 spiro atoms. The van der Waals surface area contributed by atoms with Crippen LogP contribution in [-0.4, -0.2) is 15.1 Å². The SMILES string of the molecule is Cc1nc(-c2csc(CO)n2)cs1. The van der Waals surface area contributed by atoms with Crippen molar-refractivity contribution in [1.29, 1.82) is 0 Å². The van der Waals surface area contributed by atoms with Gasteiger partial charge in [0.2, 0.25) is 0 Å². The second-order valence-electron chi connectivity index (χ2n) is 2.54. The number of aromatic nitrogens is 2. The molecule has 1 N–H and O–H groups in total. The zero-order valence-corrected chi connectivity index (χ0v) is 8.65. The molecule has 0 saturated heterocycles. The molecule has 2 aromatic heterocycles. The Hall–Kier alpha value is -0.780. The fourth-order valence-corrected chi connectivity index (χ4v) is 2.24. The summed E-state index contributed by atoms with van der Waals surface area (Å²) in [5.74, 6) is 0. The predicted octanol–water partition coefficient (Wildman–Crippen LogP) is 2.07. The van der Waals surface area contributed by atoms with Gasteiger partial charge < -0.3 is 5.11 Å². The van der Waals surface area contributed by atoms with Crippen molar-refractivity contribution in [1.82, 2.24) is 9.97 Å². The molecule has 68 valence electrons. The Morgan fingerprint density at radius 1 is 1.23 bits per heavy atom. The van der Waals surface area contributed by atoms with Crippen LogP contribution in [0.2, 0.25) is 0 Å². The van der Waals surface area contributed by atoms with Crippen LogP contribution in [0.3, 0.4) is 0 Å². The van der Waals surface area contributed by atoms with E-state index in [9.17, 15) is 0 Å². The lowest BCUT2D eigenvalue weighted by Crippen LogP contribution is -1.82. The zero-order chi connectivity index (χ0) is 9.26. The summed E-state index contributed by atoms with van der Waals surface area (Å²) in [7, 11) is 0. The first-order chi connectivity index (χ1) is 6.29. The molecule has 0 atom stereocenters. The van der Waals surface area contributed by atoms with Gasteiger partial charge in [0.25, 0.3) is 0 Å². The summed E-state index contributed by atoms with van der Waals surface area (Å²) in [6.07, 6.45) is 0. The maximum absolute atomic E-state index is 8.83. The van der Waals surface area contributed by atoms with Crippen molar-refractivity contribution in [2.75, 3.05) is 0 Å². The number of aryl methyl sites for hydroxylation is 1. The van der Waals surface area contributed by atoms with E-state index in [4.69, 9.17) is 5.11 Å². The van der Waals surface area contributed by atoms with Gasteiger partial charge in [-0.05, 0) is 6.92 Å². The van der Waals surface area contributed by atoms with E-state index in [1.54, 1.807) is 11.3 Å². The van der Waals surface area contributed by atoms with Crippen molar-refractivity contribution in [2.24, 2.45) is 0 Å². The second-order valence-corrected chi connectivity index (χ2v) is 4.54. The Bertz CT molecular complexity index is 408. The minimum Gasteiger partial charge on any atom is -0.389 e. The summed E-state index contributed by atoms with van der Waals surface area (Å²) >= 11 is 3.06. The third kappa shape index (κ3) is 1.77. The van der Waals surface area contributed by atoms with Gasteiger partial charge in [0.1, 0.15) is 16.4 Å². The first kappa shape index (κ1) is 8.80. The van der Waals surface area contributed by atoms with Crippen LogP contribution < -0.4 is 0 Å². The van der Waals surface area contributed by atoms with Crippen molar-refractivity contribution in [3.05, 3.63) is 20.8 Å². The summed E-state index contributed by atoms with van der Waals surface area (Å²) < 4.78 is 0. The van der Waals surface area contributed by atoms with E-state index in [0.717, 1.165) is 21.4 Å². The molecule has 0 bridgehead atoms. The van der Waals surface area contributed by atoms with Gasteiger partial charge in [-0.1, -0.05) is 0 Å². The maximum Gasteiger partial charge on any atom is 0.119 e. The van der Waals surface area contributed by atoms with Gasteiger partial charge >= 0.3 is 0 Å². The van der Waals surface area contributed by atoms with E-state index >= 15 is 0 Å². The Balaban J connectivity index is 2.35. The average molecular weight is 212 g/mol. The number of aliphatic hydroxyl groups excluding tert-OH is 1. The van der Waals surface area contributed by atoms with Gasteiger partial charge in [-0.25, -0.2) is 9.97 Å². The second kappa shape index (κ2) is 3.53. The highest BCUT2D eigenvalue weighted by molar-refractivity contribution is 7.10. The van der Waals surface area contributed by atoms with Crippen LogP contribution in [0.4, 0.5) is 0 Å². The first-order valence-corrected chi connectivity index (χ1v) is 5.53. The molecule has 2 rings (SSSR count). The van der Waals surface area contributed by atoms with Crippen LogP contribution >= 0.6 is 22.7 Å². The highest BCUT2D eigenvalue weighted by Gasteiger charge is 2.06. The molecule has 0 aliphatic rings. The lowest BCUT2D eigenvalue weighted by molar-refractivity contribution is 0.281. The van der Waals surface area contributed by atoms with Crippen LogP contribution in [0.15, 0.2) is 10.8 Å². The number of rotatable bonds is 2. The van der Waals surface area contributed by atoms with Crippen molar-refractivity contribution < 1.29 is 5.11 Å². The van der Waals surface area contributed by atoms with Gasteiger partial charge in [-0.3, -0.25) is 0 Å². The fourth-order valence-electron chi connectivity index (χ4n) is 0.982. The molecular formula is C8H8N2OS2. The van der Waals surface area contributed by atoms with Crippen LogP contribution in [0.25, 0.3) is 11.4 Å². The van der Waals surface area contributed by atoms with Crippen LogP contribution in [0.5, 0.6) is 0 Å². The largest absolute Gasteiger partial charge is 0.389 e. The molecule has 0 radical (unpaired) electrons. The summed E-state index contributed by atoms with van der Waals surface area (Å²) in [5.41, 5.74) is 1.76. The Labute approximate surface area is 83.7 Å². The third-order valence-electron chi connectivity index (χ3n) is 1.57. The molecule has 0 unspecified atom stereocenters. The number of aliphatic hydroxyl groups is 1. The molecular weight excluding hydrogens is 204 g/mol. The summed E-state index contributed by atoms with van der Waals surface area (Å²) in [5, 5.41) is 14.5. The Morgan fingerprint density at radius 3 is 2.46 bits per heavy atom. The van der Waals surface area contributed by atoms with Crippen molar-refractivity contribution in [3.8, 4) is 11.4 Å². The molecule has 0 saturated carbocycles. The number of hydrogen-bond donors (Lipinski definition) is 1. The molecule has 3 nitrogen and oxygen atoms in total. The lowest BCUT2D eigenvalue weighted by Gasteiger charge is -1.86. The van der Waals surface area contributed by atoms with E-state index in [2.05, 4.69) is 9.97 Å². The molecule has 0 aromatic carbocycles. The quantitative estimate of drug-likeness (QED) is 0.829. The summed E-state index contributed by atoms with van der Waals surface area (Å²) in [4.78, 5) is 8.53. The highest BCUT2D eigenvalue weighted by Crippen LogP contribution is 2.23. The van der Waals surface area contributed by atoms with Gasteiger partial charge in [0.15, 0.2) is 0 Å². The van der Waals surface area contributed by atoms with Gasteiger partial charge in [-0.2, -0.15) is 0 Å². The molecule has 0 aliphatic carbocycles. The van der Waals surface area contributed by atoms with E-state index in [1.165, 1.54) is 11.3 Å². The van der Waals surface area contributed by atoms with Gasteiger partial charge in [0.05, 0.1) is 11.6 Å². The number of nitrogens with zero attached hydrogens (tertiary/aromatic N) is 2. The monoisotopic (exact) mass is 212 g/mol. The normalized spacial score (nSPS) is 10.6. The Morgan fingerprint density at radius 2 is 1.92 bits per heavy atom. The minimum absolute atomic E-state index is 0.00772. The summed E-state index contributed by atoms with van der Waals surface area (Å²) in [6, 6.07) is 0. The van der Waals surface area contributed by atoms with E-state index in [-0.39, 0.29) is 6.61 Å². The van der Waals surface area contributed by atoms with Crippen molar-refractivity contribution in [3.63, 3.8) is 0 Å². The molecule has 0 aliphatic heterocycles. The van der Waals surface area contributed by atoms with Crippen LogP contribution in [0.1, 0.15) is 10.0 Å². The average Bonchev–Trinajstić information content (AvgIpc) is 2.71. The highest BCUT2D eigenvalue weighted by atomic mass is 32.1. The topological polar surface area (TPSA) is 46.0 Å². The summed E-state index contributed by atoms with van der Waals surface area (Å²) in [6.45, 7) is 1.97. The first-order valence-electron chi connectivity index (χ1n) is 3.77. The molecule has 0 fully saturated rings. The third-order valence-corrected chi connectivity index (χ3v) is 3.18. The molecule has 2 aromatic rings. The smallest absolute Gasteiger partial charge is 0.119 e. The lowest BCUT2D eigenvalue weighted by atomic mass is 10.4. The molecule has 13 heavy (non-hydrogen) atoms. The van der Waals surface area contributed by atoms with E-state index in [1.807, 2.05) is 17.7 Å². The van der Waals surface area contributed by atoms with Crippen LogP contribution in [0, 0.1) is 6.92 Å². The van der Waals surface area contributed by atoms with E-state index in [0.29, 0.717) is 0 Å². The molecule has 2 heterocycles. The Kier molecular flexibility index (Phi) is 2.39. The number of hydrogen-bond acceptors (Lipinski definition) is 5. The standard InChI is InChI=1S/C8H8N2OS2/c1-5-9-6(3-12-5)7-4-13-8(2-11)10-7/h3-4,11H,2H2,1H3. The predicted molar refractivity (Wildman–Crippen MR) is 53.9 cm³/mol. The number of thiazole rings is 2. The van der Waals surface area contributed by atoms with Crippen LogP contribution in [-0.2, 0) is 6.61 Å². The molecule has 5 heteroatoms. The minimum atomic E-state index is 0.00772. The van der Waals surface area contributed by atoms with Crippen molar-refractivity contribution in [2.45, 2.75) is 13.5 Å².